The van der Waals surface area contributed by atoms with E-state index < -0.39 is 31.7 Å². The Morgan fingerprint density at radius 1 is 1.23 bits per heavy atom. The van der Waals surface area contributed by atoms with Crippen LogP contribution in [0, 0.1) is 0 Å². The summed E-state index contributed by atoms with van der Waals surface area (Å²) >= 11 is 0. The molecule has 1 aromatic heterocycles. The fraction of sp³-hybridized carbons (Fsp3) is 0.400. The first-order valence-corrected chi connectivity index (χ1v) is 11.5. The average Bonchev–Trinajstić information content (AvgIpc) is 3.23. The normalized spacial score (nSPS) is 15.6. The lowest BCUT2D eigenvalue weighted by atomic mass is 10.0. The molecule has 31 heavy (non-hydrogen) atoms. The zero-order valence-electron chi connectivity index (χ0n) is 17.1. The highest BCUT2D eigenvalue weighted by atomic mass is 31.2. The van der Waals surface area contributed by atoms with Crippen LogP contribution < -0.4 is 0 Å². The number of hydrogen-bond donors (Lipinski definition) is 2. The molecule has 2 N–H and O–H groups in total. The van der Waals surface area contributed by atoms with Crippen LogP contribution >= 0.6 is 7.60 Å². The van der Waals surface area contributed by atoms with Crippen molar-refractivity contribution >= 4 is 25.3 Å². The fourth-order valence-corrected chi connectivity index (χ4v) is 4.22. The molecule has 0 fully saturated rings. The zero-order valence-corrected chi connectivity index (χ0v) is 18.0. The minimum atomic E-state index is -4.44. The highest BCUT2D eigenvalue weighted by Crippen LogP contribution is 2.40. The van der Waals surface area contributed by atoms with Gasteiger partial charge in [0.25, 0.3) is 0 Å². The van der Waals surface area contributed by atoms with Crippen LogP contribution in [-0.4, -0.2) is 50.3 Å². The number of carbonyl (C=O) groups excluding carboxylic acids is 3. The van der Waals surface area contributed by atoms with Crippen LogP contribution in [-0.2, 0) is 37.8 Å². The molecule has 0 saturated heterocycles. The molecule has 1 atom stereocenters. The molecule has 0 amide bonds. The smallest absolute Gasteiger partial charge is 0.374 e. The number of imidazole rings is 1. The van der Waals surface area contributed by atoms with Gasteiger partial charge < -0.3 is 23.8 Å². The molecule has 1 aromatic carbocycles. The highest BCUT2D eigenvalue weighted by Gasteiger charge is 2.37. The number of ether oxygens (including phenoxy) is 2. The van der Waals surface area contributed by atoms with Gasteiger partial charge in [0.05, 0.1) is 31.5 Å². The van der Waals surface area contributed by atoms with Gasteiger partial charge in [-0.15, -0.1) is 0 Å². The SMILES string of the molecule is CCOC(=O)Cc1cccc2c1CC(n1cc(CP(=O)(O)O)nc1C(=O)OCC)C2=O. The molecule has 1 heterocycles. The molecule has 1 aliphatic rings. The Bertz CT molecular complexity index is 1070. The molecule has 10 nitrogen and oxygen atoms in total. The van der Waals surface area contributed by atoms with Crippen molar-refractivity contribution in [3.63, 3.8) is 0 Å². The second-order valence-electron chi connectivity index (χ2n) is 7.02. The molecule has 0 bridgehead atoms. The predicted molar refractivity (Wildman–Crippen MR) is 108 cm³/mol. The first-order valence-electron chi connectivity index (χ1n) is 9.74. The monoisotopic (exact) mass is 450 g/mol. The van der Waals surface area contributed by atoms with Gasteiger partial charge in [0.1, 0.15) is 6.04 Å². The number of nitrogens with zero attached hydrogens (tertiary/aromatic N) is 2. The van der Waals surface area contributed by atoms with Crippen LogP contribution in [0.5, 0.6) is 0 Å². The summed E-state index contributed by atoms with van der Waals surface area (Å²) in [6.45, 7) is 3.63. The van der Waals surface area contributed by atoms with Gasteiger partial charge in [-0.2, -0.15) is 0 Å². The Morgan fingerprint density at radius 3 is 2.58 bits per heavy atom. The van der Waals surface area contributed by atoms with Crippen molar-refractivity contribution in [2.75, 3.05) is 13.2 Å². The summed E-state index contributed by atoms with van der Waals surface area (Å²) in [7, 11) is -4.44. The Hall–Kier alpha value is -2.81. The second kappa shape index (κ2) is 9.13. The van der Waals surface area contributed by atoms with E-state index in [4.69, 9.17) is 9.47 Å². The Kier molecular flexibility index (Phi) is 6.74. The van der Waals surface area contributed by atoms with E-state index in [-0.39, 0.29) is 43.4 Å². The van der Waals surface area contributed by atoms with Gasteiger partial charge >= 0.3 is 19.5 Å². The van der Waals surface area contributed by atoms with Gasteiger partial charge in [-0.1, -0.05) is 18.2 Å². The minimum Gasteiger partial charge on any atom is -0.466 e. The molecule has 3 rings (SSSR count). The van der Waals surface area contributed by atoms with E-state index in [0.717, 1.165) is 0 Å². The van der Waals surface area contributed by atoms with Crippen molar-refractivity contribution in [3.8, 4) is 0 Å². The van der Waals surface area contributed by atoms with Crippen molar-refractivity contribution in [2.24, 2.45) is 0 Å². The summed E-state index contributed by atoms with van der Waals surface area (Å²) in [4.78, 5) is 60.0. The Balaban J connectivity index is 1.98. The topological polar surface area (TPSA) is 145 Å². The number of carbonyl (C=O) groups is 3. The lowest BCUT2D eigenvalue weighted by Crippen LogP contribution is -2.21. The molecule has 0 radical (unpaired) electrons. The molecule has 1 unspecified atom stereocenters. The molecular weight excluding hydrogens is 427 g/mol. The number of hydrogen-bond acceptors (Lipinski definition) is 7. The van der Waals surface area contributed by atoms with Crippen LogP contribution in [0.15, 0.2) is 24.4 Å². The third-order valence-corrected chi connectivity index (χ3v) is 5.56. The van der Waals surface area contributed by atoms with Crippen molar-refractivity contribution in [3.05, 3.63) is 52.6 Å². The zero-order chi connectivity index (χ0) is 22.8. The fourth-order valence-electron chi connectivity index (χ4n) is 3.65. The van der Waals surface area contributed by atoms with E-state index in [1.54, 1.807) is 32.0 Å². The molecule has 0 spiro atoms. The molecule has 166 valence electrons. The van der Waals surface area contributed by atoms with Gasteiger partial charge in [-0.25, -0.2) is 9.78 Å². The second-order valence-corrected chi connectivity index (χ2v) is 8.66. The first kappa shape index (κ1) is 22.9. The molecular formula is C20H23N2O8P. The third-order valence-electron chi connectivity index (χ3n) is 4.82. The summed E-state index contributed by atoms with van der Waals surface area (Å²) in [6.07, 6.45) is 0.830. The Morgan fingerprint density at radius 2 is 1.94 bits per heavy atom. The van der Waals surface area contributed by atoms with E-state index in [9.17, 15) is 28.7 Å². The number of ketones is 1. The maximum atomic E-state index is 13.1. The maximum Gasteiger partial charge on any atom is 0.374 e. The lowest BCUT2D eigenvalue weighted by Gasteiger charge is -2.13. The number of esters is 2. The standard InChI is InChI=1S/C20H23N2O8P/c1-3-29-17(23)8-12-6-5-7-14-15(12)9-16(18(14)24)22-10-13(11-31(26,27)28)21-19(22)20(25)30-4-2/h5-7,10,16H,3-4,8-9,11H2,1-2H3,(H2,26,27,28). The number of aromatic nitrogens is 2. The van der Waals surface area contributed by atoms with E-state index in [2.05, 4.69) is 4.98 Å². The van der Waals surface area contributed by atoms with Crippen molar-refractivity contribution in [1.29, 1.82) is 0 Å². The van der Waals surface area contributed by atoms with Gasteiger partial charge in [0, 0.05) is 18.2 Å². The van der Waals surface area contributed by atoms with Crippen LogP contribution in [0.3, 0.4) is 0 Å². The molecule has 0 saturated carbocycles. The lowest BCUT2D eigenvalue weighted by molar-refractivity contribution is -0.142. The number of fused-ring (bicyclic) bond motifs is 1. The van der Waals surface area contributed by atoms with E-state index >= 15 is 0 Å². The molecule has 0 aliphatic heterocycles. The van der Waals surface area contributed by atoms with Crippen LogP contribution in [0.4, 0.5) is 0 Å². The largest absolute Gasteiger partial charge is 0.466 e. The van der Waals surface area contributed by atoms with Crippen LogP contribution in [0.25, 0.3) is 0 Å². The summed E-state index contributed by atoms with van der Waals surface area (Å²) in [5, 5.41) is 0. The van der Waals surface area contributed by atoms with Gasteiger partial charge in [-0.05, 0) is 25.0 Å². The van der Waals surface area contributed by atoms with Crippen molar-refractivity contribution in [2.45, 2.75) is 38.9 Å². The highest BCUT2D eigenvalue weighted by molar-refractivity contribution is 7.50. The average molecular weight is 450 g/mol. The number of Topliss-reactive ketones (excluding diaryl/α,β-unsaturated/α-hetero) is 1. The predicted octanol–water partition coefficient (Wildman–Crippen LogP) is 1.82. The summed E-state index contributed by atoms with van der Waals surface area (Å²) in [5.74, 6) is -1.70. The summed E-state index contributed by atoms with van der Waals surface area (Å²) < 4.78 is 22.7. The summed E-state index contributed by atoms with van der Waals surface area (Å²) in [5.41, 5.74) is 1.73. The molecule has 11 heteroatoms. The molecule has 1 aliphatic carbocycles. The Labute approximate surface area is 178 Å². The van der Waals surface area contributed by atoms with Gasteiger partial charge in [0.2, 0.25) is 5.82 Å². The van der Waals surface area contributed by atoms with Gasteiger partial charge in [0.15, 0.2) is 5.78 Å². The third kappa shape index (κ3) is 5.10. The quantitative estimate of drug-likeness (QED) is 0.454. The summed E-state index contributed by atoms with van der Waals surface area (Å²) in [6, 6.07) is 4.21. The van der Waals surface area contributed by atoms with Crippen molar-refractivity contribution < 1.29 is 38.2 Å². The first-order chi connectivity index (χ1) is 14.6. The number of benzene rings is 1. The maximum absolute atomic E-state index is 13.1. The van der Waals surface area contributed by atoms with Crippen LogP contribution in [0.1, 0.15) is 57.7 Å². The van der Waals surface area contributed by atoms with Crippen LogP contribution in [0.2, 0.25) is 0 Å². The molecule has 2 aromatic rings. The number of rotatable bonds is 8. The van der Waals surface area contributed by atoms with E-state index in [1.165, 1.54) is 10.8 Å². The van der Waals surface area contributed by atoms with Gasteiger partial charge in [-0.3, -0.25) is 14.2 Å². The van der Waals surface area contributed by atoms with Crippen molar-refractivity contribution in [1.82, 2.24) is 9.55 Å². The van der Waals surface area contributed by atoms with E-state index in [0.29, 0.717) is 16.7 Å². The minimum absolute atomic E-state index is 0.00906. The van der Waals surface area contributed by atoms with E-state index in [1.807, 2.05) is 0 Å².